The number of benzene rings is 2. The van der Waals surface area contributed by atoms with Crippen LogP contribution in [0.5, 0.6) is 5.75 Å². The zero-order valence-electron chi connectivity index (χ0n) is 15.4. The highest BCUT2D eigenvalue weighted by Gasteiger charge is 2.12. The molecule has 0 bridgehead atoms. The fourth-order valence-electron chi connectivity index (χ4n) is 2.60. The van der Waals surface area contributed by atoms with Crippen LogP contribution >= 0.6 is 36.4 Å². The van der Waals surface area contributed by atoms with Gasteiger partial charge in [0.05, 0.1) is 12.6 Å². The van der Waals surface area contributed by atoms with Gasteiger partial charge in [0.1, 0.15) is 5.75 Å². The summed E-state index contributed by atoms with van der Waals surface area (Å²) in [5.41, 5.74) is 2.68. The van der Waals surface area contributed by atoms with Gasteiger partial charge in [-0.2, -0.15) is 0 Å². The molecule has 0 unspecified atom stereocenters. The first-order valence-corrected chi connectivity index (χ1v) is 8.44. The summed E-state index contributed by atoms with van der Waals surface area (Å²) in [7, 11) is 5.72. The molecule has 27 heavy (non-hydrogen) atoms. The van der Waals surface area contributed by atoms with Crippen LogP contribution in [0, 0.1) is 0 Å². The number of nitrogens with zero attached hydrogens (tertiary/aromatic N) is 3. The molecule has 0 aliphatic carbocycles. The molecule has 146 valence electrons. The Morgan fingerprint density at radius 3 is 2.52 bits per heavy atom. The van der Waals surface area contributed by atoms with Crippen LogP contribution in [-0.2, 0) is 0 Å². The van der Waals surface area contributed by atoms with Crippen LogP contribution in [0.15, 0.2) is 42.6 Å². The van der Waals surface area contributed by atoms with Crippen molar-refractivity contribution < 1.29 is 4.74 Å². The summed E-state index contributed by atoms with van der Waals surface area (Å²) in [6, 6.07) is 11.7. The molecule has 0 amide bonds. The first-order valence-electron chi connectivity index (χ1n) is 8.07. The topological polar surface area (TPSA) is 50.3 Å². The molecule has 5 nitrogen and oxygen atoms in total. The molecule has 0 fully saturated rings. The number of hydrogen-bond acceptors (Lipinski definition) is 5. The van der Waals surface area contributed by atoms with Gasteiger partial charge in [-0.15, -0.1) is 24.8 Å². The van der Waals surface area contributed by atoms with Crippen LogP contribution in [0.25, 0.3) is 22.0 Å². The number of hydrogen-bond donors (Lipinski definition) is 1. The largest absolute Gasteiger partial charge is 0.496 e. The number of halogens is 3. The maximum Gasteiger partial charge on any atom is 0.223 e. The Morgan fingerprint density at radius 2 is 1.85 bits per heavy atom. The molecular weight excluding hydrogens is 407 g/mol. The Bertz CT molecular complexity index is 890. The highest BCUT2D eigenvalue weighted by Crippen LogP contribution is 2.37. The van der Waals surface area contributed by atoms with Crippen molar-refractivity contribution in [2.45, 2.75) is 0 Å². The van der Waals surface area contributed by atoms with Crippen LogP contribution in [0.2, 0.25) is 5.02 Å². The molecule has 0 saturated carbocycles. The summed E-state index contributed by atoms with van der Waals surface area (Å²) in [4.78, 5) is 11.1. The molecule has 0 atom stereocenters. The predicted octanol–water partition coefficient (Wildman–Crippen LogP) is 4.78. The average Bonchev–Trinajstić information content (AvgIpc) is 2.60. The van der Waals surface area contributed by atoms with E-state index in [0.29, 0.717) is 11.0 Å². The second-order valence-corrected chi connectivity index (χ2v) is 6.42. The van der Waals surface area contributed by atoms with E-state index in [1.807, 2.05) is 56.7 Å². The van der Waals surface area contributed by atoms with Crippen molar-refractivity contribution in [2.75, 3.05) is 39.6 Å². The Kier molecular flexibility index (Phi) is 9.06. The second kappa shape index (κ2) is 10.5. The van der Waals surface area contributed by atoms with Gasteiger partial charge in [-0.1, -0.05) is 29.8 Å². The molecule has 1 heterocycles. The fourth-order valence-corrected chi connectivity index (χ4v) is 2.83. The van der Waals surface area contributed by atoms with Gasteiger partial charge in [0.25, 0.3) is 0 Å². The van der Waals surface area contributed by atoms with E-state index in [9.17, 15) is 0 Å². The molecule has 0 aliphatic rings. The van der Waals surface area contributed by atoms with Gasteiger partial charge in [-0.05, 0) is 26.2 Å². The summed E-state index contributed by atoms with van der Waals surface area (Å²) in [5.74, 6) is 1.35. The molecule has 8 heteroatoms. The van der Waals surface area contributed by atoms with Crippen molar-refractivity contribution in [3.63, 3.8) is 0 Å². The number of rotatable bonds is 6. The maximum atomic E-state index is 6.35. The van der Waals surface area contributed by atoms with Crippen LogP contribution in [0.3, 0.4) is 0 Å². The van der Waals surface area contributed by atoms with E-state index in [1.165, 1.54) is 0 Å². The van der Waals surface area contributed by atoms with E-state index in [1.54, 1.807) is 7.11 Å². The van der Waals surface area contributed by atoms with E-state index in [2.05, 4.69) is 20.2 Å². The van der Waals surface area contributed by atoms with Gasteiger partial charge >= 0.3 is 0 Å². The molecule has 0 saturated heterocycles. The third-order valence-electron chi connectivity index (χ3n) is 3.91. The molecule has 0 radical (unpaired) electrons. The van der Waals surface area contributed by atoms with Gasteiger partial charge in [0, 0.05) is 46.9 Å². The van der Waals surface area contributed by atoms with Crippen molar-refractivity contribution in [1.82, 2.24) is 14.9 Å². The van der Waals surface area contributed by atoms with E-state index in [-0.39, 0.29) is 24.8 Å². The van der Waals surface area contributed by atoms with Crippen molar-refractivity contribution in [3.05, 3.63) is 47.6 Å². The first kappa shape index (κ1) is 23.2. The lowest BCUT2D eigenvalue weighted by Gasteiger charge is -2.13. The van der Waals surface area contributed by atoms with Crippen LogP contribution in [0.1, 0.15) is 0 Å². The fraction of sp³-hybridized carbons (Fsp3) is 0.263. The van der Waals surface area contributed by atoms with E-state index in [0.717, 1.165) is 40.9 Å². The summed E-state index contributed by atoms with van der Waals surface area (Å²) in [6.07, 6.45) is 1.82. The first-order chi connectivity index (χ1) is 12.1. The minimum absolute atomic E-state index is 0. The Balaban J connectivity index is 0.00000182. The van der Waals surface area contributed by atoms with Crippen molar-refractivity contribution >= 4 is 53.3 Å². The number of anilines is 1. The molecule has 2 aromatic carbocycles. The normalized spacial score (nSPS) is 10.3. The molecule has 1 aromatic heterocycles. The minimum atomic E-state index is 0. The van der Waals surface area contributed by atoms with Gasteiger partial charge in [0.15, 0.2) is 0 Å². The Hall–Kier alpha value is -1.79. The molecule has 0 aliphatic heterocycles. The van der Waals surface area contributed by atoms with Gasteiger partial charge in [-0.3, -0.25) is 0 Å². The lowest BCUT2D eigenvalue weighted by atomic mass is 10.0. The third kappa shape index (κ3) is 5.59. The Labute approximate surface area is 176 Å². The molecule has 1 N–H and O–H groups in total. The molecular formula is C19H23Cl3N4O. The highest BCUT2D eigenvalue weighted by molar-refractivity contribution is 6.33. The van der Waals surface area contributed by atoms with E-state index >= 15 is 0 Å². The predicted molar refractivity (Wildman–Crippen MR) is 118 cm³/mol. The molecule has 0 spiro atoms. The number of likely N-dealkylation sites (N-methyl/N-ethyl adjacent to an activating group) is 1. The van der Waals surface area contributed by atoms with E-state index < -0.39 is 0 Å². The number of methoxy groups -OCH3 is 1. The molecule has 3 aromatic rings. The number of aromatic nitrogens is 2. The number of fused-ring (bicyclic) bond motifs is 1. The van der Waals surface area contributed by atoms with Gasteiger partial charge in [-0.25, -0.2) is 9.97 Å². The lowest BCUT2D eigenvalue weighted by molar-refractivity contribution is 0.417. The zero-order valence-corrected chi connectivity index (χ0v) is 17.8. The average molecular weight is 430 g/mol. The quantitative estimate of drug-likeness (QED) is 0.611. The van der Waals surface area contributed by atoms with Crippen LogP contribution < -0.4 is 10.1 Å². The number of ether oxygens (including phenoxy) is 1. The second-order valence-electron chi connectivity index (χ2n) is 6.01. The Morgan fingerprint density at radius 1 is 1.11 bits per heavy atom. The maximum absolute atomic E-state index is 6.35. The number of nitrogens with one attached hydrogen (secondary N) is 1. The van der Waals surface area contributed by atoms with Crippen molar-refractivity contribution in [1.29, 1.82) is 0 Å². The monoisotopic (exact) mass is 428 g/mol. The standard InChI is InChI=1S/C19H21ClN4O.2ClH/c1-24(2)9-8-21-19-22-12-13-10-15(14-6-4-5-7-16(14)20)18(25-3)11-17(13)23-19;;/h4-7,10-12H,8-9H2,1-3H3,(H,21,22,23);2*1H. The van der Waals surface area contributed by atoms with E-state index in [4.69, 9.17) is 16.3 Å². The molecule has 3 rings (SSSR count). The third-order valence-corrected chi connectivity index (χ3v) is 4.24. The summed E-state index contributed by atoms with van der Waals surface area (Å²) in [5, 5.41) is 4.86. The van der Waals surface area contributed by atoms with Crippen LogP contribution in [-0.4, -0.2) is 49.2 Å². The van der Waals surface area contributed by atoms with Crippen molar-refractivity contribution in [3.8, 4) is 16.9 Å². The lowest BCUT2D eigenvalue weighted by Crippen LogP contribution is -2.21. The minimum Gasteiger partial charge on any atom is -0.496 e. The van der Waals surface area contributed by atoms with Gasteiger partial charge < -0.3 is 15.0 Å². The zero-order chi connectivity index (χ0) is 17.8. The highest BCUT2D eigenvalue weighted by atomic mass is 35.5. The van der Waals surface area contributed by atoms with Gasteiger partial charge in [0.2, 0.25) is 5.95 Å². The summed E-state index contributed by atoms with van der Waals surface area (Å²) in [6.45, 7) is 1.70. The van der Waals surface area contributed by atoms with Crippen molar-refractivity contribution in [2.24, 2.45) is 0 Å². The summed E-state index contributed by atoms with van der Waals surface area (Å²) >= 11 is 6.35. The summed E-state index contributed by atoms with van der Waals surface area (Å²) < 4.78 is 5.57. The smallest absolute Gasteiger partial charge is 0.223 e. The van der Waals surface area contributed by atoms with Crippen LogP contribution in [0.4, 0.5) is 5.95 Å². The SMILES string of the molecule is COc1cc2nc(NCCN(C)C)ncc2cc1-c1ccccc1Cl.Cl.Cl.